The van der Waals surface area contributed by atoms with E-state index in [1.807, 2.05) is 0 Å². The Hall–Kier alpha value is -0.100. The quantitative estimate of drug-likeness (QED) is 0.299. The van der Waals surface area contributed by atoms with E-state index in [1.165, 1.54) is 0 Å². The van der Waals surface area contributed by atoms with Crippen LogP contribution in [-0.4, -0.2) is 16.3 Å². The Balaban J connectivity index is 3.78. The van der Waals surface area contributed by atoms with Crippen LogP contribution in [0.15, 0.2) is 0 Å². The Kier molecular flexibility index (Phi) is 3.88. The lowest BCUT2D eigenvalue weighted by molar-refractivity contribution is 0.347. The van der Waals surface area contributed by atoms with E-state index in [9.17, 15) is 0 Å². The maximum Gasteiger partial charge on any atom is 0.265 e. The molecule has 0 rings (SSSR count). The Labute approximate surface area is 73.9 Å². The third-order valence-corrected chi connectivity index (χ3v) is 1.07. The van der Waals surface area contributed by atoms with Gasteiger partial charge in [-0.25, -0.2) is 0 Å². The molecule has 56 valence electrons. The van der Waals surface area contributed by atoms with Crippen LogP contribution >= 0.6 is 34.8 Å². The number of terminal acetylenes is 1. The molecule has 0 saturated heterocycles. The molecular weight excluding hydrogens is 196 g/mol. The van der Waals surface area contributed by atoms with E-state index >= 15 is 0 Å². The van der Waals surface area contributed by atoms with Gasteiger partial charge in [0, 0.05) is 0 Å². The lowest BCUT2D eigenvalue weighted by Crippen LogP contribution is -2.21. The Morgan fingerprint density at radius 3 is 2.40 bits per heavy atom. The number of hydrogen-bond acceptors (Lipinski definition) is 2. The van der Waals surface area contributed by atoms with Crippen molar-refractivity contribution in [1.29, 1.82) is 5.41 Å². The molecular formula is C5H4Cl3NO. The van der Waals surface area contributed by atoms with Crippen LogP contribution in [0.25, 0.3) is 0 Å². The number of rotatable bonds is 1. The summed E-state index contributed by atoms with van der Waals surface area (Å²) in [6, 6.07) is 0. The van der Waals surface area contributed by atoms with Gasteiger partial charge in [0.05, 0.1) is 0 Å². The van der Waals surface area contributed by atoms with Crippen molar-refractivity contribution < 1.29 is 4.74 Å². The van der Waals surface area contributed by atoms with Crippen molar-refractivity contribution >= 4 is 40.7 Å². The zero-order valence-corrected chi connectivity index (χ0v) is 7.09. The van der Waals surface area contributed by atoms with Gasteiger partial charge in [-0.3, -0.25) is 5.41 Å². The summed E-state index contributed by atoms with van der Waals surface area (Å²) in [7, 11) is 0. The Morgan fingerprint density at radius 1 is 1.60 bits per heavy atom. The second-order valence-corrected chi connectivity index (χ2v) is 3.60. The molecule has 0 aromatic rings. The van der Waals surface area contributed by atoms with Crippen LogP contribution in [0.2, 0.25) is 0 Å². The van der Waals surface area contributed by atoms with Crippen LogP contribution in [0.4, 0.5) is 0 Å². The molecule has 1 N–H and O–H groups in total. The average molecular weight is 200 g/mol. The highest BCUT2D eigenvalue weighted by atomic mass is 35.6. The molecule has 0 aromatic carbocycles. The van der Waals surface area contributed by atoms with Crippen molar-refractivity contribution in [3.8, 4) is 12.3 Å². The molecule has 0 fully saturated rings. The van der Waals surface area contributed by atoms with Crippen LogP contribution in [0.3, 0.4) is 0 Å². The summed E-state index contributed by atoms with van der Waals surface area (Å²) in [5, 5.41) is 6.93. The molecule has 0 aliphatic heterocycles. The van der Waals surface area contributed by atoms with E-state index in [0.717, 1.165) is 0 Å². The topological polar surface area (TPSA) is 33.1 Å². The van der Waals surface area contributed by atoms with Gasteiger partial charge < -0.3 is 4.74 Å². The van der Waals surface area contributed by atoms with Gasteiger partial charge >= 0.3 is 0 Å². The molecule has 0 heterocycles. The molecule has 10 heavy (non-hydrogen) atoms. The van der Waals surface area contributed by atoms with Crippen LogP contribution in [-0.2, 0) is 4.74 Å². The largest absolute Gasteiger partial charge is 0.465 e. The number of halogens is 3. The van der Waals surface area contributed by atoms with Crippen LogP contribution in [0.5, 0.6) is 0 Å². The van der Waals surface area contributed by atoms with Gasteiger partial charge in [-0.1, -0.05) is 40.7 Å². The first-order valence-corrected chi connectivity index (χ1v) is 3.34. The van der Waals surface area contributed by atoms with Crippen LogP contribution < -0.4 is 0 Å². The molecule has 0 aromatic heterocycles. The maximum absolute atomic E-state index is 6.93. The second kappa shape index (κ2) is 3.92. The molecule has 5 heteroatoms. The first-order valence-electron chi connectivity index (χ1n) is 2.20. The minimum atomic E-state index is -1.81. The Bertz CT molecular complexity index is 167. The van der Waals surface area contributed by atoms with Crippen LogP contribution in [0.1, 0.15) is 0 Å². The summed E-state index contributed by atoms with van der Waals surface area (Å²) in [5.74, 6) is 1.67. The maximum atomic E-state index is 6.93. The fourth-order valence-corrected chi connectivity index (χ4v) is 0.359. The van der Waals surface area contributed by atoms with Crippen molar-refractivity contribution in [2.24, 2.45) is 0 Å². The first-order chi connectivity index (χ1) is 4.48. The molecule has 0 aliphatic carbocycles. The van der Waals surface area contributed by atoms with Gasteiger partial charge in [0.1, 0.15) is 6.61 Å². The monoisotopic (exact) mass is 199 g/mol. The lowest BCUT2D eigenvalue weighted by Gasteiger charge is -2.10. The second-order valence-electron chi connectivity index (χ2n) is 1.32. The van der Waals surface area contributed by atoms with E-state index in [-0.39, 0.29) is 6.61 Å². The molecule has 0 spiro atoms. The fourth-order valence-electron chi connectivity index (χ4n) is 0.196. The smallest absolute Gasteiger partial charge is 0.265 e. The number of hydrogen-bond donors (Lipinski definition) is 1. The normalized spacial score (nSPS) is 10.2. The summed E-state index contributed by atoms with van der Waals surface area (Å²) < 4.78 is 2.70. The minimum absolute atomic E-state index is 0.0628. The summed E-state index contributed by atoms with van der Waals surface area (Å²) >= 11 is 15.7. The Morgan fingerprint density at radius 2 is 2.10 bits per heavy atom. The van der Waals surface area contributed by atoms with Gasteiger partial charge in [0.25, 0.3) is 3.79 Å². The highest BCUT2D eigenvalue weighted by Gasteiger charge is 2.28. The zero-order valence-electron chi connectivity index (χ0n) is 4.83. The van der Waals surface area contributed by atoms with Crippen molar-refractivity contribution in [2.45, 2.75) is 3.79 Å². The molecule has 0 amide bonds. The van der Waals surface area contributed by atoms with Crippen molar-refractivity contribution in [1.82, 2.24) is 0 Å². The lowest BCUT2D eigenvalue weighted by atomic mass is 10.7. The zero-order chi connectivity index (χ0) is 8.20. The van der Waals surface area contributed by atoms with Crippen molar-refractivity contribution in [3.63, 3.8) is 0 Å². The van der Waals surface area contributed by atoms with Gasteiger partial charge in [-0.2, -0.15) is 0 Å². The van der Waals surface area contributed by atoms with Gasteiger partial charge in [-0.15, -0.1) is 6.42 Å². The fraction of sp³-hybridized carbons (Fsp3) is 0.400. The van der Waals surface area contributed by atoms with Gasteiger partial charge in [0.15, 0.2) is 0 Å². The van der Waals surface area contributed by atoms with E-state index in [0.29, 0.717) is 0 Å². The number of ether oxygens (including phenoxy) is 1. The molecule has 0 radical (unpaired) electrons. The molecule has 0 atom stereocenters. The minimum Gasteiger partial charge on any atom is -0.465 e. The molecule has 0 unspecified atom stereocenters. The predicted octanol–water partition coefficient (Wildman–Crippen LogP) is 1.98. The third kappa shape index (κ3) is 3.84. The molecule has 0 bridgehead atoms. The number of nitrogens with one attached hydrogen (secondary N) is 1. The first kappa shape index (κ1) is 9.90. The summed E-state index contributed by atoms with van der Waals surface area (Å²) in [6.07, 6.45) is 4.82. The van der Waals surface area contributed by atoms with E-state index in [2.05, 4.69) is 10.7 Å². The summed E-state index contributed by atoms with van der Waals surface area (Å²) in [6.45, 7) is -0.0628. The summed E-state index contributed by atoms with van der Waals surface area (Å²) in [4.78, 5) is 0. The molecule has 0 aliphatic rings. The standard InChI is InChI=1S/C5H4Cl3NO/c1-2-3-10-4(9)5(6,7)8/h1,9H,3H2. The van der Waals surface area contributed by atoms with Crippen LogP contribution in [0, 0.1) is 17.8 Å². The van der Waals surface area contributed by atoms with E-state index in [4.69, 9.17) is 46.6 Å². The summed E-state index contributed by atoms with van der Waals surface area (Å²) in [5.41, 5.74) is 0. The van der Waals surface area contributed by atoms with E-state index in [1.54, 1.807) is 0 Å². The van der Waals surface area contributed by atoms with Crippen molar-refractivity contribution in [3.05, 3.63) is 0 Å². The van der Waals surface area contributed by atoms with Crippen molar-refractivity contribution in [2.75, 3.05) is 6.61 Å². The average Bonchev–Trinajstić information content (AvgIpc) is 1.80. The molecule has 0 saturated carbocycles. The third-order valence-electron chi connectivity index (χ3n) is 0.557. The van der Waals surface area contributed by atoms with Gasteiger partial charge in [0.2, 0.25) is 5.90 Å². The van der Waals surface area contributed by atoms with E-state index < -0.39 is 9.69 Å². The number of alkyl halides is 3. The van der Waals surface area contributed by atoms with Gasteiger partial charge in [-0.05, 0) is 0 Å². The molecule has 2 nitrogen and oxygen atoms in total. The predicted molar refractivity (Wildman–Crippen MR) is 42.8 cm³/mol. The highest BCUT2D eigenvalue weighted by molar-refractivity contribution is 6.76. The highest BCUT2D eigenvalue weighted by Crippen LogP contribution is 2.27. The SMILES string of the molecule is C#CCOC(=N)C(Cl)(Cl)Cl.